The van der Waals surface area contributed by atoms with Gasteiger partial charge >= 0.3 is 0 Å². The fourth-order valence-corrected chi connectivity index (χ4v) is 3.05. The Morgan fingerprint density at radius 1 is 1.30 bits per heavy atom. The summed E-state index contributed by atoms with van der Waals surface area (Å²) in [6.07, 6.45) is 10.6. The molecular formula is C17H23N5O. The van der Waals surface area contributed by atoms with Gasteiger partial charge in [-0.25, -0.2) is 0 Å². The van der Waals surface area contributed by atoms with E-state index in [0.29, 0.717) is 0 Å². The van der Waals surface area contributed by atoms with Gasteiger partial charge in [-0.2, -0.15) is 5.10 Å². The maximum Gasteiger partial charge on any atom is 0.219 e. The number of amides is 1. The van der Waals surface area contributed by atoms with Crippen LogP contribution in [0.2, 0.25) is 0 Å². The van der Waals surface area contributed by atoms with Crippen LogP contribution in [0, 0.1) is 0 Å². The number of hydrogen-bond donors (Lipinski definition) is 0. The zero-order valence-electron chi connectivity index (χ0n) is 13.8. The minimum absolute atomic E-state index is 0.141. The molecule has 0 spiro atoms. The van der Waals surface area contributed by atoms with Crippen LogP contribution in [0.25, 0.3) is 11.3 Å². The summed E-state index contributed by atoms with van der Waals surface area (Å²) in [5.74, 6) is 0.430. The largest absolute Gasteiger partial charge is 0.342 e. The van der Waals surface area contributed by atoms with E-state index < -0.39 is 0 Å². The SMILES string of the molecule is CCCn1cc(-c2cnc(C3CCCN(C(C)=O)C3)cn2)cn1. The molecule has 0 N–H and O–H groups in total. The third kappa shape index (κ3) is 3.57. The molecule has 3 rings (SSSR count). The lowest BCUT2D eigenvalue weighted by Gasteiger charge is -2.31. The lowest BCUT2D eigenvalue weighted by atomic mass is 9.95. The Morgan fingerprint density at radius 3 is 2.87 bits per heavy atom. The molecule has 0 bridgehead atoms. The second kappa shape index (κ2) is 6.89. The number of piperidine rings is 1. The van der Waals surface area contributed by atoms with Crippen molar-refractivity contribution in [1.82, 2.24) is 24.6 Å². The second-order valence-corrected chi connectivity index (χ2v) is 6.12. The fraction of sp³-hybridized carbons (Fsp3) is 0.529. The van der Waals surface area contributed by atoms with Crippen LogP contribution >= 0.6 is 0 Å². The van der Waals surface area contributed by atoms with Crippen LogP contribution in [0.15, 0.2) is 24.8 Å². The Bertz CT molecular complexity index is 664. The minimum atomic E-state index is 0.141. The third-order valence-corrected chi connectivity index (χ3v) is 4.34. The molecule has 1 aliphatic heterocycles. The molecule has 1 aliphatic rings. The Labute approximate surface area is 136 Å². The molecule has 3 heterocycles. The number of aryl methyl sites for hydroxylation is 1. The number of hydrogen-bond acceptors (Lipinski definition) is 4. The van der Waals surface area contributed by atoms with Crippen molar-refractivity contribution in [3.8, 4) is 11.3 Å². The Hall–Kier alpha value is -2.24. The highest BCUT2D eigenvalue weighted by Gasteiger charge is 2.24. The summed E-state index contributed by atoms with van der Waals surface area (Å²) in [7, 11) is 0. The van der Waals surface area contributed by atoms with E-state index >= 15 is 0 Å². The molecule has 1 unspecified atom stereocenters. The van der Waals surface area contributed by atoms with Gasteiger partial charge in [0.1, 0.15) is 0 Å². The van der Waals surface area contributed by atoms with E-state index in [-0.39, 0.29) is 11.8 Å². The monoisotopic (exact) mass is 313 g/mol. The average Bonchev–Trinajstić information content (AvgIpc) is 3.04. The topological polar surface area (TPSA) is 63.9 Å². The molecule has 0 radical (unpaired) electrons. The summed E-state index contributed by atoms with van der Waals surface area (Å²) in [5.41, 5.74) is 2.81. The van der Waals surface area contributed by atoms with Crippen LogP contribution in [0.1, 0.15) is 44.7 Å². The van der Waals surface area contributed by atoms with Gasteiger partial charge in [0.05, 0.1) is 23.8 Å². The van der Waals surface area contributed by atoms with Crippen LogP contribution < -0.4 is 0 Å². The van der Waals surface area contributed by atoms with Gasteiger partial charge in [-0.05, 0) is 19.3 Å². The van der Waals surface area contributed by atoms with Crippen LogP contribution in [0.4, 0.5) is 0 Å². The summed E-state index contributed by atoms with van der Waals surface area (Å²) >= 11 is 0. The lowest BCUT2D eigenvalue weighted by molar-refractivity contribution is -0.130. The first-order valence-electron chi connectivity index (χ1n) is 8.27. The first kappa shape index (κ1) is 15.6. The van der Waals surface area contributed by atoms with Gasteiger partial charge in [-0.15, -0.1) is 0 Å². The maximum atomic E-state index is 11.6. The Balaban J connectivity index is 1.72. The highest BCUT2D eigenvalue weighted by atomic mass is 16.2. The summed E-state index contributed by atoms with van der Waals surface area (Å²) in [6, 6.07) is 0. The first-order valence-corrected chi connectivity index (χ1v) is 8.27. The van der Waals surface area contributed by atoms with E-state index in [1.165, 1.54) is 0 Å². The molecule has 1 fully saturated rings. The number of carbonyl (C=O) groups excluding carboxylic acids is 1. The van der Waals surface area contributed by atoms with Gasteiger partial charge in [-0.1, -0.05) is 6.92 Å². The van der Waals surface area contributed by atoms with Gasteiger partial charge < -0.3 is 4.90 Å². The van der Waals surface area contributed by atoms with E-state index in [4.69, 9.17) is 0 Å². The van der Waals surface area contributed by atoms with Crippen molar-refractivity contribution in [3.05, 3.63) is 30.5 Å². The van der Waals surface area contributed by atoms with Gasteiger partial charge in [0.2, 0.25) is 5.91 Å². The second-order valence-electron chi connectivity index (χ2n) is 6.12. The molecule has 0 saturated carbocycles. The fourth-order valence-electron chi connectivity index (χ4n) is 3.05. The quantitative estimate of drug-likeness (QED) is 0.870. The molecule has 6 nitrogen and oxygen atoms in total. The van der Waals surface area contributed by atoms with Crippen LogP contribution in [0.3, 0.4) is 0 Å². The van der Waals surface area contributed by atoms with Crippen molar-refractivity contribution in [2.24, 2.45) is 0 Å². The predicted molar refractivity (Wildman–Crippen MR) is 87.8 cm³/mol. The summed E-state index contributed by atoms with van der Waals surface area (Å²) in [5, 5.41) is 4.33. The van der Waals surface area contributed by atoms with Gasteiger partial charge in [0, 0.05) is 50.4 Å². The normalized spacial score (nSPS) is 18.2. The molecule has 122 valence electrons. The van der Waals surface area contributed by atoms with Gasteiger partial charge in [0.15, 0.2) is 0 Å². The predicted octanol–water partition coefficient (Wildman–Crippen LogP) is 2.48. The van der Waals surface area contributed by atoms with Gasteiger partial charge in [-0.3, -0.25) is 19.4 Å². The Morgan fingerprint density at radius 2 is 2.17 bits per heavy atom. The van der Waals surface area contributed by atoms with Crippen molar-refractivity contribution in [2.45, 2.75) is 45.6 Å². The number of rotatable bonds is 4. The molecule has 2 aromatic rings. The van der Waals surface area contributed by atoms with E-state index in [1.54, 1.807) is 6.92 Å². The third-order valence-electron chi connectivity index (χ3n) is 4.34. The van der Waals surface area contributed by atoms with Crippen molar-refractivity contribution < 1.29 is 4.79 Å². The molecule has 1 saturated heterocycles. The lowest BCUT2D eigenvalue weighted by Crippen LogP contribution is -2.37. The number of carbonyl (C=O) groups is 1. The molecule has 0 aliphatic carbocycles. The van der Waals surface area contributed by atoms with Crippen molar-refractivity contribution in [3.63, 3.8) is 0 Å². The molecule has 1 amide bonds. The minimum Gasteiger partial charge on any atom is -0.342 e. The Kier molecular flexibility index (Phi) is 4.69. The summed E-state index contributed by atoms with van der Waals surface area (Å²) in [4.78, 5) is 22.6. The highest BCUT2D eigenvalue weighted by molar-refractivity contribution is 5.73. The first-order chi connectivity index (χ1) is 11.2. The molecule has 2 aromatic heterocycles. The molecule has 0 aromatic carbocycles. The average molecular weight is 313 g/mol. The standard InChI is InChI=1S/C17H23N5O/c1-3-6-22-12-15(8-20-22)17-10-18-16(9-19-17)14-5-4-7-21(11-14)13(2)23/h8-10,12,14H,3-7,11H2,1-2H3. The molecule has 23 heavy (non-hydrogen) atoms. The van der Waals surface area contributed by atoms with Crippen molar-refractivity contribution >= 4 is 5.91 Å². The molecular weight excluding hydrogens is 290 g/mol. The zero-order valence-corrected chi connectivity index (χ0v) is 13.8. The maximum absolute atomic E-state index is 11.6. The number of nitrogens with zero attached hydrogens (tertiary/aromatic N) is 5. The van der Waals surface area contributed by atoms with E-state index in [2.05, 4.69) is 22.0 Å². The van der Waals surface area contributed by atoms with Crippen molar-refractivity contribution in [2.75, 3.05) is 13.1 Å². The van der Waals surface area contributed by atoms with E-state index in [9.17, 15) is 4.79 Å². The van der Waals surface area contributed by atoms with Crippen LogP contribution in [-0.4, -0.2) is 43.6 Å². The van der Waals surface area contributed by atoms with E-state index in [0.717, 1.165) is 55.8 Å². The van der Waals surface area contributed by atoms with Crippen LogP contribution in [-0.2, 0) is 11.3 Å². The van der Waals surface area contributed by atoms with Crippen molar-refractivity contribution in [1.29, 1.82) is 0 Å². The number of likely N-dealkylation sites (tertiary alicyclic amines) is 1. The summed E-state index contributed by atoms with van der Waals surface area (Å²) < 4.78 is 1.93. The van der Waals surface area contributed by atoms with E-state index in [1.807, 2.05) is 34.4 Å². The molecule has 6 heteroatoms. The smallest absolute Gasteiger partial charge is 0.219 e. The number of aromatic nitrogens is 4. The zero-order chi connectivity index (χ0) is 16.2. The molecule has 1 atom stereocenters. The summed E-state index contributed by atoms with van der Waals surface area (Å²) in [6.45, 7) is 6.27. The van der Waals surface area contributed by atoms with Gasteiger partial charge in [0.25, 0.3) is 0 Å². The highest BCUT2D eigenvalue weighted by Crippen LogP contribution is 2.26. The van der Waals surface area contributed by atoms with Crippen LogP contribution in [0.5, 0.6) is 0 Å².